The quantitative estimate of drug-likeness (QED) is 0.579. The molecule has 0 amide bonds. The van der Waals surface area contributed by atoms with Gasteiger partial charge in [-0.25, -0.2) is 0 Å². The molecular weight excluding hydrogens is 186 g/mol. The maximum absolute atomic E-state index is 9.28. The normalized spacial score (nSPS) is 11.6. The third-order valence-electron chi connectivity index (χ3n) is 2.08. The van der Waals surface area contributed by atoms with Crippen LogP contribution < -0.4 is 5.32 Å². The first kappa shape index (κ1) is 10.4. The fraction of sp³-hybridized carbons (Fsp3) is 0.400. The molecule has 72 valence electrons. The highest BCUT2D eigenvalue weighted by Gasteiger charge is 2.18. The summed E-state index contributed by atoms with van der Waals surface area (Å²) >= 11 is 5.60. The van der Waals surface area contributed by atoms with E-state index < -0.39 is 0 Å². The first-order chi connectivity index (χ1) is 6.06. The Balaban J connectivity index is 2.93. The maximum atomic E-state index is 9.28. The van der Waals surface area contributed by atoms with Gasteiger partial charge < -0.3 is 5.11 Å². The summed E-state index contributed by atoms with van der Waals surface area (Å²) in [6.07, 6.45) is 0. The lowest BCUT2D eigenvalue weighted by molar-refractivity contribution is 0.427. The van der Waals surface area contributed by atoms with Crippen molar-refractivity contribution in [1.29, 1.82) is 0 Å². The predicted molar refractivity (Wildman–Crippen MR) is 55.0 cm³/mol. The van der Waals surface area contributed by atoms with Crippen LogP contribution in [-0.2, 0) is 5.54 Å². The van der Waals surface area contributed by atoms with Crippen molar-refractivity contribution in [3.05, 3.63) is 29.8 Å². The van der Waals surface area contributed by atoms with Crippen LogP contribution in [0.2, 0.25) is 0 Å². The minimum absolute atomic E-state index is 0.208. The van der Waals surface area contributed by atoms with E-state index in [0.717, 1.165) is 5.56 Å². The monoisotopic (exact) mass is 199 g/mol. The zero-order valence-electron chi connectivity index (χ0n) is 7.84. The van der Waals surface area contributed by atoms with Crippen molar-refractivity contribution in [2.75, 3.05) is 6.00 Å². The van der Waals surface area contributed by atoms with Crippen LogP contribution in [-0.4, -0.2) is 11.1 Å². The Hall–Kier alpha value is -0.730. The molecule has 0 atom stereocenters. The van der Waals surface area contributed by atoms with Gasteiger partial charge in [-0.2, -0.15) is 0 Å². The standard InChI is InChI=1S/C10H14ClNO/c1-10(2,12-7-11)8-4-3-5-9(13)6-8/h3-6,12-13H,7H2,1-2H3. The molecule has 0 fully saturated rings. The summed E-state index contributed by atoms with van der Waals surface area (Å²) in [5.41, 5.74) is 0.814. The highest BCUT2D eigenvalue weighted by atomic mass is 35.5. The SMILES string of the molecule is CC(C)(NCCl)c1cccc(O)c1. The fourth-order valence-electron chi connectivity index (χ4n) is 1.16. The molecule has 2 nitrogen and oxygen atoms in total. The fourth-order valence-corrected chi connectivity index (χ4v) is 1.50. The average Bonchev–Trinajstić information content (AvgIpc) is 2.04. The van der Waals surface area contributed by atoms with E-state index in [-0.39, 0.29) is 11.3 Å². The van der Waals surface area contributed by atoms with Gasteiger partial charge in [-0.15, -0.1) is 11.6 Å². The molecule has 0 unspecified atom stereocenters. The number of phenols is 1. The minimum atomic E-state index is -0.208. The van der Waals surface area contributed by atoms with E-state index in [1.807, 2.05) is 26.0 Å². The van der Waals surface area contributed by atoms with E-state index in [1.165, 1.54) is 0 Å². The second kappa shape index (κ2) is 3.99. The van der Waals surface area contributed by atoms with E-state index in [1.54, 1.807) is 12.1 Å². The second-order valence-corrected chi connectivity index (χ2v) is 3.75. The van der Waals surface area contributed by atoms with Crippen molar-refractivity contribution >= 4 is 11.6 Å². The lowest BCUT2D eigenvalue weighted by atomic mass is 9.94. The van der Waals surface area contributed by atoms with E-state index >= 15 is 0 Å². The lowest BCUT2D eigenvalue weighted by Crippen LogP contribution is -2.35. The Morgan fingerprint density at radius 3 is 2.69 bits per heavy atom. The number of nitrogens with one attached hydrogen (secondary N) is 1. The highest BCUT2D eigenvalue weighted by Crippen LogP contribution is 2.23. The van der Waals surface area contributed by atoms with E-state index in [9.17, 15) is 5.11 Å². The Bertz CT molecular complexity index is 286. The second-order valence-electron chi connectivity index (χ2n) is 3.49. The largest absolute Gasteiger partial charge is 0.508 e. The molecular formula is C10H14ClNO. The number of benzene rings is 1. The summed E-state index contributed by atoms with van der Waals surface area (Å²) in [6, 6.07) is 7.56. The molecule has 0 aromatic heterocycles. The topological polar surface area (TPSA) is 32.3 Å². The van der Waals surface area contributed by atoms with Gasteiger partial charge in [0.05, 0.1) is 6.00 Å². The summed E-state index contributed by atoms with van der Waals surface area (Å²) in [4.78, 5) is 0. The minimum Gasteiger partial charge on any atom is -0.508 e. The molecule has 0 heterocycles. The summed E-state index contributed by atoms with van der Waals surface area (Å²) < 4.78 is 0. The number of hydrogen-bond donors (Lipinski definition) is 2. The van der Waals surface area contributed by atoms with Gasteiger partial charge in [0.15, 0.2) is 0 Å². The van der Waals surface area contributed by atoms with Crippen LogP contribution in [0, 0.1) is 0 Å². The van der Waals surface area contributed by atoms with Gasteiger partial charge in [0, 0.05) is 5.54 Å². The summed E-state index contributed by atoms with van der Waals surface area (Å²) in [5, 5.41) is 12.4. The van der Waals surface area contributed by atoms with Crippen LogP contribution in [0.3, 0.4) is 0 Å². The van der Waals surface area contributed by atoms with Crippen molar-refractivity contribution in [1.82, 2.24) is 5.32 Å². The molecule has 0 saturated carbocycles. The first-order valence-corrected chi connectivity index (χ1v) is 4.70. The molecule has 2 N–H and O–H groups in total. The van der Waals surface area contributed by atoms with Crippen LogP contribution in [0.1, 0.15) is 19.4 Å². The lowest BCUT2D eigenvalue weighted by Gasteiger charge is -2.25. The average molecular weight is 200 g/mol. The summed E-state index contributed by atoms with van der Waals surface area (Å²) in [7, 11) is 0. The van der Waals surface area contributed by atoms with Crippen molar-refractivity contribution in [3.63, 3.8) is 0 Å². The Kier molecular flexibility index (Phi) is 3.17. The summed E-state index contributed by atoms with van der Waals surface area (Å²) in [5.74, 6) is 0.280. The molecule has 0 aliphatic heterocycles. The van der Waals surface area contributed by atoms with Crippen LogP contribution >= 0.6 is 11.6 Å². The molecule has 13 heavy (non-hydrogen) atoms. The number of halogens is 1. The van der Waals surface area contributed by atoms with Gasteiger partial charge in [-0.1, -0.05) is 12.1 Å². The molecule has 1 rings (SSSR count). The molecule has 0 aliphatic carbocycles. The molecule has 3 heteroatoms. The van der Waals surface area contributed by atoms with Gasteiger partial charge in [0.2, 0.25) is 0 Å². The molecule has 0 saturated heterocycles. The zero-order valence-corrected chi connectivity index (χ0v) is 8.60. The Morgan fingerprint density at radius 1 is 1.46 bits per heavy atom. The van der Waals surface area contributed by atoms with Crippen LogP contribution in [0.15, 0.2) is 24.3 Å². The van der Waals surface area contributed by atoms with Crippen molar-refractivity contribution in [3.8, 4) is 5.75 Å². The molecule has 0 spiro atoms. The maximum Gasteiger partial charge on any atom is 0.115 e. The van der Waals surface area contributed by atoms with E-state index in [4.69, 9.17) is 11.6 Å². The van der Waals surface area contributed by atoms with Gasteiger partial charge in [-0.3, -0.25) is 5.32 Å². The number of hydrogen-bond acceptors (Lipinski definition) is 2. The Morgan fingerprint density at radius 2 is 2.15 bits per heavy atom. The van der Waals surface area contributed by atoms with Crippen LogP contribution in [0.5, 0.6) is 5.75 Å². The van der Waals surface area contributed by atoms with Crippen LogP contribution in [0.4, 0.5) is 0 Å². The van der Waals surface area contributed by atoms with Gasteiger partial charge in [-0.05, 0) is 31.5 Å². The highest BCUT2D eigenvalue weighted by molar-refractivity contribution is 6.17. The molecule has 1 aromatic rings. The summed E-state index contributed by atoms with van der Waals surface area (Å²) in [6.45, 7) is 4.04. The number of aromatic hydroxyl groups is 1. The molecule has 0 aliphatic rings. The smallest absolute Gasteiger partial charge is 0.115 e. The first-order valence-electron chi connectivity index (χ1n) is 4.17. The number of phenolic OH excluding ortho intramolecular Hbond substituents is 1. The van der Waals surface area contributed by atoms with Crippen LogP contribution in [0.25, 0.3) is 0 Å². The molecule has 0 radical (unpaired) electrons. The number of alkyl halides is 1. The zero-order chi connectivity index (χ0) is 9.90. The van der Waals surface area contributed by atoms with E-state index in [2.05, 4.69) is 5.32 Å². The van der Waals surface area contributed by atoms with E-state index in [0.29, 0.717) is 6.00 Å². The van der Waals surface area contributed by atoms with Crippen molar-refractivity contribution in [2.24, 2.45) is 0 Å². The number of rotatable bonds is 3. The molecule has 1 aromatic carbocycles. The third-order valence-corrected chi connectivity index (χ3v) is 2.21. The third kappa shape index (κ3) is 2.61. The predicted octanol–water partition coefficient (Wildman–Crippen LogP) is 2.41. The Labute approximate surface area is 83.5 Å². The van der Waals surface area contributed by atoms with Crippen molar-refractivity contribution in [2.45, 2.75) is 19.4 Å². The molecule has 0 bridgehead atoms. The van der Waals surface area contributed by atoms with Gasteiger partial charge in [0.1, 0.15) is 5.75 Å². The van der Waals surface area contributed by atoms with Gasteiger partial charge in [0.25, 0.3) is 0 Å². The van der Waals surface area contributed by atoms with Crippen molar-refractivity contribution < 1.29 is 5.11 Å². The van der Waals surface area contributed by atoms with Gasteiger partial charge >= 0.3 is 0 Å².